The van der Waals surface area contributed by atoms with Gasteiger partial charge in [-0.2, -0.15) is 5.26 Å². The van der Waals surface area contributed by atoms with Crippen LogP contribution < -0.4 is 5.32 Å². The maximum atomic E-state index is 13.4. The lowest BCUT2D eigenvalue weighted by Gasteiger charge is -2.60. The highest BCUT2D eigenvalue weighted by Gasteiger charge is 2.58. The van der Waals surface area contributed by atoms with Crippen LogP contribution in [0.4, 0.5) is 0 Å². The summed E-state index contributed by atoms with van der Waals surface area (Å²) in [7, 11) is 0. The summed E-state index contributed by atoms with van der Waals surface area (Å²) >= 11 is 0. The lowest BCUT2D eigenvalue weighted by Crippen LogP contribution is -2.59. The summed E-state index contributed by atoms with van der Waals surface area (Å²) in [4.78, 5) is 39.1. The van der Waals surface area contributed by atoms with E-state index in [1.807, 2.05) is 19.1 Å². The summed E-state index contributed by atoms with van der Waals surface area (Å²) in [6.45, 7) is 19.7. The van der Waals surface area contributed by atoms with Gasteiger partial charge in [0.1, 0.15) is 6.07 Å². The average Bonchev–Trinajstić information content (AvgIpc) is 2.83. The van der Waals surface area contributed by atoms with Crippen LogP contribution in [0.15, 0.2) is 23.3 Å². The molecule has 41 heavy (non-hydrogen) atoms. The van der Waals surface area contributed by atoms with Crippen molar-refractivity contribution in [2.24, 2.45) is 45.3 Å². The van der Waals surface area contributed by atoms with Crippen LogP contribution in [0.1, 0.15) is 127 Å². The van der Waals surface area contributed by atoms with Crippen LogP contribution in [0.3, 0.4) is 0 Å². The first-order valence-electron chi connectivity index (χ1n) is 16.1. The van der Waals surface area contributed by atoms with Gasteiger partial charge in [0.05, 0.1) is 5.57 Å². The molecule has 1 unspecified atom stereocenters. The van der Waals surface area contributed by atoms with Crippen molar-refractivity contribution in [2.75, 3.05) is 0 Å². The number of carbonyl (C=O) groups is 3. The molecule has 0 heterocycles. The number of Topliss-reactive ketones (excluding diaryl/α,β-unsaturated/α-hetero) is 1. The molecule has 3 fully saturated rings. The highest BCUT2D eigenvalue weighted by molar-refractivity contribution is 6.02. The van der Waals surface area contributed by atoms with Gasteiger partial charge in [-0.1, -0.05) is 73.5 Å². The van der Waals surface area contributed by atoms with Crippen molar-refractivity contribution >= 4 is 17.5 Å². The van der Waals surface area contributed by atoms with Crippen molar-refractivity contribution in [2.45, 2.75) is 132 Å². The predicted octanol–water partition coefficient (Wildman–Crippen LogP) is 7.90. The molecular weight excluding hydrogens is 508 g/mol. The van der Waals surface area contributed by atoms with Crippen molar-refractivity contribution in [1.29, 1.82) is 5.26 Å². The van der Waals surface area contributed by atoms with Gasteiger partial charge >= 0.3 is 0 Å². The van der Waals surface area contributed by atoms with E-state index in [0.29, 0.717) is 5.92 Å². The van der Waals surface area contributed by atoms with Gasteiger partial charge in [0.15, 0.2) is 11.6 Å². The lowest BCUT2D eigenvalue weighted by atomic mass is 9.44. The molecule has 0 aromatic rings. The third-order valence-electron chi connectivity index (χ3n) is 12.7. The van der Waals surface area contributed by atoms with Gasteiger partial charge in [-0.25, -0.2) is 0 Å². The second kappa shape index (κ2) is 10.8. The first-order valence-corrected chi connectivity index (χ1v) is 16.1. The Morgan fingerprint density at radius 1 is 1.10 bits per heavy atom. The van der Waals surface area contributed by atoms with Crippen LogP contribution >= 0.6 is 0 Å². The maximum Gasteiger partial charge on any atom is 0.223 e. The van der Waals surface area contributed by atoms with Gasteiger partial charge in [-0.3, -0.25) is 14.4 Å². The Balaban J connectivity index is 1.70. The van der Waals surface area contributed by atoms with Crippen molar-refractivity contribution in [3.8, 4) is 6.07 Å². The van der Waals surface area contributed by atoms with E-state index in [2.05, 4.69) is 59.9 Å². The molecule has 3 saturated carbocycles. The fourth-order valence-electron chi connectivity index (χ4n) is 9.12. The minimum atomic E-state index is -0.535. The van der Waals surface area contributed by atoms with E-state index in [1.165, 1.54) is 0 Å². The Kier molecular flexibility index (Phi) is 8.36. The van der Waals surface area contributed by atoms with Crippen LogP contribution in [0.5, 0.6) is 0 Å². The number of nitrogens with zero attached hydrogens (tertiary/aromatic N) is 1. The van der Waals surface area contributed by atoms with Gasteiger partial charge in [0.25, 0.3) is 0 Å². The van der Waals surface area contributed by atoms with Crippen molar-refractivity contribution in [3.05, 3.63) is 23.3 Å². The molecular formula is C36H54N2O3. The zero-order valence-electron chi connectivity index (χ0n) is 27.2. The van der Waals surface area contributed by atoms with Gasteiger partial charge in [0, 0.05) is 22.8 Å². The zero-order valence-corrected chi connectivity index (χ0v) is 27.2. The lowest BCUT2D eigenvalue weighted by molar-refractivity contribution is -0.132. The first-order chi connectivity index (χ1) is 18.9. The van der Waals surface area contributed by atoms with Crippen LogP contribution in [-0.4, -0.2) is 23.0 Å². The second-order valence-electron chi connectivity index (χ2n) is 16.2. The molecule has 0 saturated heterocycles. The molecule has 0 bridgehead atoms. The Morgan fingerprint density at radius 2 is 1.76 bits per heavy atom. The number of amides is 1. The number of rotatable bonds is 7. The van der Waals surface area contributed by atoms with Crippen LogP contribution in [0, 0.1) is 56.7 Å². The molecule has 0 aliphatic heterocycles. The van der Waals surface area contributed by atoms with E-state index < -0.39 is 5.41 Å². The van der Waals surface area contributed by atoms with E-state index >= 15 is 0 Å². The molecule has 4 aliphatic carbocycles. The average molecular weight is 563 g/mol. The third kappa shape index (κ3) is 5.50. The number of ketones is 2. The van der Waals surface area contributed by atoms with E-state index in [-0.39, 0.29) is 62.6 Å². The second-order valence-corrected chi connectivity index (χ2v) is 16.2. The number of allylic oxidation sites excluding steroid dienone is 4. The van der Waals surface area contributed by atoms with Crippen LogP contribution in [0.2, 0.25) is 0 Å². The highest BCUT2D eigenvalue weighted by atomic mass is 16.2. The quantitative estimate of drug-likeness (QED) is 0.320. The molecule has 1 N–H and O–H groups in total. The molecule has 226 valence electrons. The Hall–Kier alpha value is -2.22. The Morgan fingerprint density at radius 3 is 2.29 bits per heavy atom. The van der Waals surface area contributed by atoms with Gasteiger partial charge in [0.2, 0.25) is 5.91 Å². The molecule has 4 rings (SSSR count). The van der Waals surface area contributed by atoms with E-state index in [9.17, 15) is 19.6 Å². The molecule has 1 amide bonds. The molecule has 4 aliphatic rings. The van der Waals surface area contributed by atoms with Gasteiger partial charge in [-0.05, 0) is 98.9 Å². The van der Waals surface area contributed by atoms with Crippen molar-refractivity contribution in [1.82, 2.24) is 5.32 Å². The van der Waals surface area contributed by atoms with Gasteiger partial charge < -0.3 is 5.32 Å². The predicted molar refractivity (Wildman–Crippen MR) is 164 cm³/mol. The number of nitrogens with one attached hydrogen (secondary N) is 1. The molecule has 6 atom stereocenters. The monoisotopic (exact) mass is 562 g/mol. The van der Waals surface area contributed by atoms with E-state index in [1.54, 1.807) is 6.92 Å². The zero-order chi connectivity index (χ0) is 30.6. The smallest absolute Gasteiger partial charge is 0.223 e. The fraction of sp³-hybridized carbons (Fsp3) is 0.778. The van der Waals surface area contributed by atoms with Gasteiger partial charge in [-0.15, -0.1) is 0 Å². The fourth-order valence-corrected chi connectivity index (χ4v) is 9.12. The summed E-state index contributed by atoms with van der Waals surface area (Å²) in [5.74, 6) is 0.537. The highest BCUT2D eigenvalue weighted by Crippen LogP contribution is 2.65. The summed E-state index contributed by atoms with van der Waals surface area (Å²) in [5, 5.41) is 13.5. The van der Waals surface area contributed by atoms with E-state index in [0.717, 1.165) is 69.8 Å². The Labute approximate surface area is 249 Å². The summed E-state index contributed by atoms with van der Waals surface area (Å²) in [6, 6.07) is 2.16. The largest absolute Gasteiger partial charge is 0.350 e. The molecule has 5 heteroatoms. The molecule has 5 nitrogen and oxygen atoms in total. The van der Waals surface area contributed by atoms with E-state index in [4.69, 9.17) is 0 Å². The SMILES string of the molecule is CC(=O)/C=C1/[C@@]2(C)C=C(C#N)C(=O)[C@@H](C)[C@@H]2CC[C@@]1(C)C(C)(C)CC[C@@]1(NC(=O)C2CCC2)CCC(C)(C)CC1C. The van der Waals surface area contributed by atoms with Crippen molar-refractivity contribution < 1.29 is 14.4 Å². The topological polar surface area (TPSA) is 87.0 Å². The minimum Gasteiger partial charge on any atom is -0.350 e. The number of hydrogen-bond donors (Lipinski definition) is 1. The van der Waals surface area contributed by atoms with Crippen LogP contribution in [0.25, 0.3) is 0 Å². The number of nitriles is 1. The number of fused-ring (bicyclic) bond motifs is 1. The minimum absolute atomic E-state index is 0.00715. The third-order valence-corrected chi connectivity index (χ3v) is 12.7. The van der Waals surface area contributed by atoms with Crippen LogP contribution in [-0.2, 0) is 14.4 Å². The molecule has 0 radical (unpaired) electrons. The number of hydrogen-bond acceptors (Lipinski definition) is 4. The number of carbonyl (C=O) groups excluding carboxylic acids is 3. The molecule has 0 aromatic heterocycles. The summed E-state index contributed by atoms with van der Waals surface area (Å²) in [6.07, 6.45) is 13.6. The van der Waals surface area contributed by atoms with Crippen molar-refractivity contribution in [3.63, 3.8) is 0 Å². The molecule has 0 aromatic carbocycles. The summed E-state index contributed by atoms with van der Waals surface area (Å²) in [5.41, 5.74) is 0.315. The normalized spacial score (nSPS) is 38.3. The molecule has 0 spiro atoms. The summed E-state index contributed by atoms with van der Waals surface area (Å²) < 4.78 is 0. The maximum absolute atomic E-state index is 13.4. The standard InChI is InChI=1S/C36H54N2O3/c1-23-20-32(4,5)15-17-36(23,38-31(41)26-11-10-12-26)18-16-33(6,7)35(9)14-13-28-25(3)30(40)27(22-37)21-34(28,8)29(35)19-24(2)39/h19,21,23,25-26,28H,10-18,20H2,1-9H3,(H,38,41)/b29-19-/t23?,25-,28-,34-,35+,36-/m0/s1. The first kappa shape index (κ1) is 31.7. The Bertz CT molecular complexity index is 1200.